The van der Waals surface area contributed by atoms with Crippen molar-refractivity contribution in [3.8, 4) is 0 Å². The maximum Gasteiger partial charge on any atom is 0.190 e. The Balaban J connectivity index is 1.89. The Hall–Kier alpha value is -0.520. The van der Waals surface area contributed by atoms with Gasteiger partial charge in [0.25, 0.3) is 0 Å². The van der Waals surface area contributed by atoms with Crippen molar-refractivity contribution >= 4 is 29.2 Å². The molecule has 0 spiro atoms. The summed E-state index contributed by atoms with van der Waals surface area (Å²) < 4.78 is 5.51. The molecule has 4 nitrogen and oxygen atoms in total. The molecule has 0 bridgehead atoms. The summed E-state index contributed by atoms with van der Waals surface area (Å²) in [6.07, 6.45) is 4.40. The minimum absolute atomic E-state index is 0.398. The molecule has 1 aromatic heterocycles. The summed E-state index contributed by atoms with van der Waals surface area (Å²) in [6, 6.07) is 2.20. The van der Waals surface area contributed by atoms with Crippen LogP contribution in [0.1, 0.15) is 19.8 Å². The average Bonchev–Trinajstić information content (AvgIpc) is 2.25. The lowest BCUT2D eigenvalue weighted by Gasteiger charge is -2.35. The van der Waals surface area contributed by atoms with Crippen LogP contribution in [-0.4, -0.2) is 35.0 Å². The van der Waals surface area contributed by atoms with E-state index in [-0.39, 0.29) is 0 Å². The van der Waals surface area contributed by atoms with E-state index in [1.165, 1.54) is 11.8 Å². The molecule has 0 amide bonds. The summed E-state index contributed by atoms with van der Waals surface area (Å²) in [5.41, 5.74) is 0. The standard InChI is InChI=1S/C11H16ClN3OS/c1-3-16-8-4-7(5-8)13-10-6-9(12)14-11(15-10)17-2/h6-8H,3-5H2,1-2H3,(H,13,14,15). The second-order valence-electron chi connectivity index (χ2n) is 3.95. The van der Waals surface area contributed by atoms with E-state index in [0.29, 0.717) is 22.5 Å². The first-order chi connectivity index (χ1) is 8.21. The number of hydrogen-bond donors (Lipinski definition) is 1. The van der Waals surface area contributed by atoms with Crippen molar-refractivity contribution in [1.82, 2.24) is 9.97 Å². The topological polar surface area (TPSA) is 47.0 Å². The molecule has 1 saturated carbocycles. The number of halogens is 1. The van der Waals surface area contributed by atoms with E-state index < -0.39 is 0 Å². The number of anilines is 1. The van der Waals surface area contributed by atoms with E-state index in [2.05, 4.69) is 15.3 Å². The SMILES string of the molecule is CCOC1CC(Nc2cc(Cl)nc(SC)n2)C1. The summed E-state index contributed by atoms with van der Waals surface area (Å²) in [7, 11) is 0. The van der Waals surface area contributed by atoms with Gasteiger partial charge in [0.15, 0.2) is 5.16 Å². The van der Waals surface area contributed by atoms with Gasteiger partial charge < -0.3 is 10.1 Å². The summed E-state index contributed by atoms with van der Waals surface area (Å²) in [5, 5.41) is 4.53. The first-order valence-electron chi connectivity index (χ1n) is 5.68. The number of hydrogen-bond acceptors (Lipinski definition) is 5. The van der Waals surface area contributed by atoms with Crippen LogP contribution in [-0.2, 0) is 4.74 Å². The Bertz CT molecular complexity index is 385. The van der Waals surface area contributed by atoms with Gasteiger partial charge in [-0.3, -0.25) is 0 Å². The lowest BCUT2D eigenvalue weighted by atomic mass is 9.89. The van der Waals surface area contributed by atoms with E-state index in [1.54, 1.807) is 6.07 Å². The van der Waals surface area contributed by atoms with Crippen molar-refractivity contribution in [2.75, 3.05) is 18.2 Å². The van der Waals surface area contributed by atoms with E-state index >= 15 is 0 Å². The summed E-state index contributed by atoms with van der Waals surface area (Å²) in [5.74, 6) is 0.800. The molecular weight excluding hydrogens is 258 g/mol. The van der Waals surface area contributed by atoms with Gasteiger partial charge in [0, 0.05) is 18.7 Å². The zero-order valence-electron chi connectivity index (χ0n) is 9.94. The molecule has 1 aliphatic rings. The lowest BCUT2D eigenvalue weighted by Crippen LogP contribution is -2.41. The maximum atomic E-state index is 5.92. The van der Waals surface area contributed by atoms with E-state index in [1.807, 2.05) is 13.2 Å². The maximum absolute atomic E-state index is 5.92. The van der Waals surface area contributed by atoms with Gasteiger partial charge in [0.05, 0.1) is 6.10 Å². The second kappa shape index (κ2) is 5.89. The van der Waals surface area contributed by atoms with Crippen LogP contribution in [0, 0.1) is 0 Å². The van der Waals surface area contributed by atoms with Crippen molar-refractivity contribution in [3.05, 3.63) is 11.2 Å². The Morgan fingerprint density at radius 2 is 2.29 bits per heavy atom. The molecular formula is C11H16ClN3OS. The second-order valence-corrected chi connectivity index (χ2v) is 5.11. The zero-order chi connectivity index (χ0) is 12.3. The molecule has 1 aromatic rings. The van der Waals surface area contributed by atoms with Gasteiger partial charge in [-0.05, 0) is 26.0 Å². The highest BCUT2D eigenvalue weighted by atomic mass is 35.5. The van der Waals surface area contributed by atoms with Gasteiger partial charge in [0.1, 0.15) is 11.0 Å². The quantitative estimate of drug-likeness (QED) is 0.508. The third kappa shape index (κ3) is 3.47. The molecule has 1 aliphatic carbocycles. The van der Waals surface area contributed by atoms with Crippen LogP contribution in [0.15, 0.2) is 11.2 Å². The van der Waals surface area contributed by atoms with Crippen LogP contribution in [0.5, 0.6) is 0 Å². The molecule has 0 unspecified atom stereocenters. The van der Waals surface area contributed by atoms with Gasteiger partial charge in [-0.15, -0.1) is 0 Å². The molecule has 1 heterocycles. The van der Waals surface area contributed by atoms with Crippen LogP contribution in [0.4, 0.5) is 5.82 Å². The number of nitrogens with zero attached hydrogens (tertiary/aromatic N) is 2. The number of rotatable bonds is 5. The smallest absolute Gasteiger partial charge is 0.190 e. The highest BCUT2D eigenvalue weighted by Gasteiger charge is 2.29. The third-order valence-corrected chi connectivity index (χ3v) is 3.45. The summed E-state index contributed by atoms with van der Waals surface area (Å²) in [6.45, 7) is 2.81. The Kier molecular flexibility index (Phi) is 4.48. The fraction of sp³-hybridized carbons (Fsp3) is 0.636. The first-order valence-corrected chi connectivity index (χ1v) is 7.28. The van der Waals surface area contributed by atoms with Gasteiger partial charge in [-0.1, -0.05) is 23.4 Å². The number of nitrogens with one attached hydrogen (secondary N) is 1. The van der Waals surface area contributed by atoms with Crippen molar-refractivity contribution in [3.63, 3.8) is 0 Å². The van der Waals surface area contributed by atoms with Gasteiger partial charge in [-0.2, -0.15) is 0 Å². The largest absolute Gasteiger partial charge is 0.378 e. The number of aromatic nitrogens is 2. The highest BCUT2D eigenvalue weighted by Crippen LogP contribution is 2.27. The normalized spacial score (nSPS) is 23.2. The number of thioether (sulfide) groups is 1. The van der Waals surface area contributed by atoms with Crippen LogP contribution in [0.25, 0.3) is 0 Å². The predicted octanol–water partition coefficient (Wildman–Crippen LogP) is 2.83. The molecule has 0 atom stereocenters. The summed E-state index contributed by atoms with van der Waals surface area (Å²) >= 11 is 7.41. The van der Waals surface area contributed by atoms with Gasteiger partial charge >= 0.3 is 0 Å². The fourth-order valence-corrected chi connectivity index (χ4v) is 2.44. The van der Waals surface area contributed by atoms with Crippen LogP contribution in [0.2, 0.25) is 5.15 Å². The minimum Gasteiger partial charge on any atom is -0.378 e. The van der Waals surface area contributed by atoms with Crippen LogP contribution in [0.3, 0.4) is 0 Å². The molecule has 0 saturated heterocycles. The zero-order valence-corrected chi connectivity index (χ0v) is 11.5. The molecule has 1 N–H and O–H groups in total. The molecule has 0 aliphatic heterocycles. The molecule has 6 heteroatoms. The monoisotopic (exact) mass is 273 g/mol. The first kappa shape index (κ1) is 12.9. The summed E-state index contributed by atoms with van der Waals surface area (Å²) in [4.78, 5) is 8.46. The van der Waals surface area contributed by atoms with Crippen molar-refractivity contribution in [1.29, 1.82) is 0 Å². The van der Waals surface area contributed by atoms with Gasteiger partial charge in [0.2, 0.25) is 0 Å². The highest BCUT2D eigenvalue weighted by molar-refractivity contribution is 7.98. The van der Waals surface area contributed by atoms with Crippen molar-refractivity contribution in [2.24, 2.45) is 0 Å². The molecule has 94 valence electrons. The van der Waals surface area contributed by atoms with E-state index in [4.69, 9.17) is 16.3 Å². The molecule has 1 fully saturated rings. The number of ether oxygens (including phenoxy) is 1. The Morgan fingerprint density at radius 1 is 1.53 bits per heavy atom. The van der Waals surface area contributed by atoms with Gasteiger partial charge in [-0.25, -0.2) is 9.97 Å². The third-order valence-electron chi connectivity index (χ3n) is 2.71. The molecule has 0 aromatic carbocycles. The lowest BCUT2D eigenvalue weighted by molar-refractivity contribution is 0.00291. The van der Waals surface area contributed by atoms with Crippen LogP contribution < -0.4 is 5.32 Å². The average molecular weight is 274 g/mol. The molecule has 17 heavy (non-hydrogen) atoms. The van der Waals surface area contributed by atoms with Crippen molar-refractivity contribution in [2.45, 2.75) is 37.1 Å². The van der Waals surface area contributed by atoms with Crippen molar-refractivity contribution < 1.29 is 4.74 Å². The molecule has 0 radical (unpaired) electrons. The Labute approximate surface area is 111 Å². The minimum atomic E-state index is 0.398. The predicted molar refractivity (Wildman–Crippen MR) is 70.9 cm³/mol. The van der Waals surface area contributed by atoms with Crippen LogP contribution >= 0.6 is 23.4 Å². The Morgan fingerprint density at radius 3 is 2.94 bits per heavy atom. The fourth-order valence-electron chi connectivity index (χ4n) is 1.83. The molecule has 2 rings (SSSR count). The van der Waals surface area contributed by atoms with E-state index in [0.717, 1.165) is 25.3 Å². The van der Waals surface area contributed by atoms with E-state index in [9.17, 15) is 0 Å².